The van der Waals surface area contributed by atoms with Crippen LogP contribution in [0.3, 0.4) is 0 Å². The van der Waals surface area contributed by atoms with Crippen LogP contribution in [0.2, 0.25) is 0 Å². The fourth-order valence-corrected chi connectivity index (χ4v) is 4.60. The fourth-order valence-electron chi connectivity index (χ4n) is 4.60. The molecule has 2 rings (SSSR count). The van der Waals surface area contributed by atoms with Gasteiger partial charge in [0, 0.05) is 30.1 Å². The summed E-state index contributed by atoms with van der Waals surface area (Å²) >= 11 is 0. The number of amides is 4. The second kappa shape index (κ2) is 19.4. The Morgan fingerprint density at radius 3 is 2.06 bits per heavy atom. The third kappa shape index (κ3) is 15.4. The van der Waals surface area contributed by atoms with Crippen LogP contribution in [0.15, 0.2) is 33.5 Å². The molecule has 1 aromatic carbocycles. The van der Waals surface area contributed by atoms with Crippen molar-refractivity contribution >= 4 is 46.4 Å². The number of aliphatic carboxylic acids is 1. The van der Waals surface area contributed by atoms with E-state index in [0.717, 1.165) is 17.9 Å². The van der Waals surface area contributed by atoms with Gasteiger partial charge in [-0.1, -0.05) is 27.7 Å². The molecule has 14 nitrogen and oxygen atoms in total. The second-order valence-electron chi connectivity index (χ2n) is 13.4. The van der Waals surface area contributed by atoms with E-state index in [-0.39, 0.29) is 11.8 Å². The highest BCUT2D eigenvalue weighted by atomic mass is 16.6. The Morgan fingerprint density at radius 2 is 1.52 bits per heavy atom. The molecule has 0 aliphatic heterocycles. The van der Waals surface area contributed by atoms with E-state index in [9.17, 15) is 24.0 Å². The molecule has 48 heavy (non-hydrogen) atoms. The monoisotopic (exact) mass is 675 g/mol. The lowest BCUT2D eigenvalue weighted by Gasteiger charge is -2.28. The first-order valence-corrected chi connectivity index (χ1v) is 16.1. The Morgan fingerprint density at radius 1 is 0.917 bits per heavy atom. The molecule has 0 aliphatic rings. The third-order valence-electron chi connectivity index (χ3n) is 6.76. The lowest BCUT2D eigenvalue weighted by atomic mass is 9.99. The van der Waals surface area contributed by atoms with Gasteiger partial charge in [-0.3, -0.25) is 19.2 Å². The molecule has 1 heterocycles. The highest BCUT2D eigenvalue weighted by Gasteiger charge is 2.32. The maximum Gasteiger partial charge on any atom is 0.408 e. The molecule has 2 aromatic rings. The summed E-state index contributed by atoms with van der Waals surface area (Å²) in [7, 11) is 0. The highest BCUT2D eigenvalue weighted by molar-refractivity contribution is 6.00. The van der Waals surface area contributed by atoms with Gasteiger partial charge < -0.3 is 41.3 Å². The summed E-state index contributed by atoms with van der Waals surface area (Å²) in [5, 5.41) is 19.1. The molecule has 0 saturated heterocycles. The number of ether oxygens (including phenoxy) is 1. The topological polar surface area (TPSA) is 219 Å². The van der Waals surface area contributed by atoms with E-state index in [1.54, 1.807) is 59.7 Å². The summed E-state index contributed by atoms with van der Waals surface area (Å²) in [6.45, 7) is 15.8. The van der Waals surface area contributed by atoms with E-state index in [4.69, 9.17) is 24.8 Å². The van der Waals surface area contributed by atoms with Gasteiger partial charge in [-0.2, -0.15) is 0 Å². The van der Waals surface area contributed by atoms with Crippen LogP contribution in [0.25, 0.3) is 11.0 Å². The van der Waals surface area contributed by atoms with E-state index in [0.29, 0.717) is 43.5 Å². The fraction of sp³-hybridized carbons (Fsp3) is 0.588. The van der Waals surface area contributed by atoms with Crippen molar-refractivity contribution < 1.29 is 38.2 Å². The summed E-state index contributed by atoms with van der Waals surface area (Å²) in [5.41, 5.74) is 5.89. The minimum atomic E-state index is -0.966. The normalized spacial score (nSPS) is 13.1. The largest absolute Gasteiger partial charge is 0.481 e. The Hall–Kier alpha value is -4.46. The standard InChI is InChI=1S/C32H49N5O7.C2H4O2/c1-18(2)15-24(36-30(41)27(19(3)4)37-31(42)44-32(6,7)8)29(40)35-23(11-9-10-14-33)28(39)34-21-12-13-22-20(5)16-26(38)43-25(22)17-21;1-2(3)4/h12-13,16-19,23-24,27H,9-11,14-15,33H2,1-8H3,(H,34,39)(H,35,40)(H,36,41)(H,37,42);1H3,(H,3,4)/t23-,24-,27-;/m0./s1. The van der Waals surface area contributed by atoms with Gasteiger partial charge in [0.1, 0.15) is 29.3 Å². The van der Waals surface area contributed by atoms with Gasteiger partial charge in [0.15, 0.2) is 0 Å². The van der Waals surface area contributed by atoms with Crippen LogP contribution < -0.4 is 32.6 Å². The van der Waals surface area contributed by atoms with Crippen molar-refractivity contribution in [2.75, 3.05) is 11.9 Å². The van der Waals surface area contributed by atoms with E-state index in [1.807, 2.05) is 13.8 Å². The Kier molecular flexibility index (Phi) is 16.8. The number of aryl methyl sites for hydroxylation is 1. The number of carbonyl (C=O) groups is 5. The Labute approximate surface area is 281 Å². The van der Waals surface area contributed by atoms with Crippen molar-refractivity contribution in [2.45, 2.75) is 112 Å². The molecule has 0 radical (unpaired) electrons. The number of fused-ring (bicyclic) bond motifs is 1. The average Bonchev–Trinajstić information content (AvgIpc) is 2.93. The molecule has 0 aliphatic carbocycles. The highest BCUT2D eigenvalue weighted by Crippen LogP contribution is 2.21. The summed E-state index contributed by atoms with van der Waals surface area (Å²) in [6.07, 6.45) is 1.11. The van der Waals surface area contributed by atoms with E-state index >= 15 is 0 Å². The Bertz CT molecular complexity index is 1460. The molecule has 0 unspecified atom stereocenters. The number of hydrogen-bond acceptors (Lipinski definition) is 9. The second-order valence-corrected chi connectivity index (χ2v) is 13.4. The lowest BCUT2D eigenvalue weighted by Crippen LogP contribution is -2.57. The molecule has 0 bridgehead atoms. The molecule has 0 spiro atoms. The Balaban J connectivity index is 0.00000272. The van der Waals surface area contributed by atoms with Gasteiger partial charge >= 0.3 is 11.7 Å². The quantitative estimate of drug-likeness (QED) is 0.126. The van der Waals surface area contributed by atoms with Gasteiger partial charge in [-0.25, -0.2) is 9.59 Å². The minimum Gasteiger partial charge on any atom is -0.481 e. The zero-order valence-electron chi connectivity index (χ0n) is 29.5. The van der Waals surface area contributed by atoms with Crippen molar-refractivity contribution in [2.24, 2.45) is 17.6 Å². The lowest BCUT2D eigenvalue weighted by molar-refractivity contribution is -0.134. The number of alkyl carbamates (subject to hydrolysis) is 1. The predicted octanol–water partition coefficient (Wildman–Crippen LogP) is 3.82. The molecule has 0 fully saturated rings. The number of carboxylic acid groups (broad SMARTS) is 1. The van der Waals surface area contributed by atoms with Crippen molar-refractivity contribution in [1.29, 1.82) is 0 Å². The smallest absolute Gasteiger partial charge is 0.408 e. The van der Waals surface area contributed by atoms with Crippen molar-refractivity contribution in [3.05, 3.63) is 40.2 Å². The molecule has 4 amide bonds. The molecule has 1 aromatic heterocycles. The van der Waals surface area contributed by atoms with E-state index in [1.165, 1.54) is 6.07 Å². The number of rotatable bonds is 14. The average molecular weight is 676 g/mol. The molecule has 268 valence electrons. The molecule has 14 heteroatoms. The van der Waals surface area contributed by atoms with Crippen LogP contribution in [0.1, 0.15) is 86.6 Å². The summed E-state index contributed by atoms with van der Waals surface area (Å²) in [6, 6.07) is 3.55. The number of carbonyl (C=O) groups excluding carboxylic acids is 4. The maximum atomic E-state index is 13.6. The van der Waals surface area contributed by atoms with Crippen LogP contribution in [0, 0.1) is 18.8 Å². The van der Waals surface area contributed by atoms with Gasteiger partial charge in [-0.15, -0.1) is 0 Å². The molecule has 3 atom stereocenters. The van der Waals surface area contributed by atoms with E-state index in [2.05, 4.69) is 21.3 Å². The van der Waals surface area contributed by atoms with Crippen molar-refractivity contribution in [1.82, 2.24) is 16.0 Å². The van der Waals surface area contributed by atoms with Crippen LogP contribution >= 0.6 is 0 Å². The summed E-state index contributed by atoms with van der Waals surface area (Å²) in [4.78, 5) is 73.6. The predicted molar refractivity (Wildman–Crippen MR) is 183 cm³/mol. The molecular formula is C34H53N5O9. The minimum absolute atomic E-state index is 0.0302. The van der Waals surface area contributed by atoms with Gasteiger partial charge in [0.2, 0.25) is 17.7 Å². The number of nitrogens with one attached hydrogen (secondary N) is 4. The van der Waals surface area contributed by atoms with Crippen LogP contribution in [0.5, 0.6) is 0 Å². The molecule has 7 N–H and O–H groups in total. The van der Waals surface area contributed by atoms with Crippen molar-refractivity contribution in [3.8, 4) is 0 Å². The van der Waals surface area contributed by atoms with Gasteiger partial charge in [-0.05, 0) is 89.5 Å². The molecule has 0 saturated carbocycles. The van der Waals surface area contributed by atoms with Crippen LogP contribution in [0.4, 0.5) is 10.5 Å². The number of hydrogen-bond donors (Lipinski definition) is 6. The number of anilines is 1. The number of benzene rings is 1. The van der Waals surface area contributed by atoms with E-state index < -0.39 is 59.1 Å². The first-order valence-electron chi connectivity index (χ1n) is 16.1. The third-order valence-corrected chi connectivity index (χ3v) is 6.76. The first kappa shape index (κ1) is 41.6. The number of carboxylic acids is 1. The first-order chi connectivity index (χ1) is 22.2. The van der Waals surface area contributed by atoms with Crippen LogP contribution in [-0.2, 0) is 23.9 Å². The number of nitrogens with two attached hydrogens (primary N) is 1. The van der Waals surface area contributed by atoms with Gasteiger partial charge in [0.05, 0.1) is 0 Å². The summed E-state index contributed by atoms with van der Waals surface area (Å²) < 4.78 is 10.6. The van der Waals surface area contributed by atoms with Crippen molar-refractivity contribution in [3.63, 3.8) is 0 Å². The summed E-state index contributed by atoms with van der Waals surface area (Å²) in [5.74, 6) is -2.63. The molecular weight excluding hydrogens is 622 g/mol. The van der Waals surface area contributed by atoms with Crippen LogP contribution in [-0.4, -0.2) is 65.2 Å². The zero-order valence-corrected chi connectivity index (χ0v) is 29.5. The van der Waals surface area contributed by atoms with Gasteiger partial charge in [0.25, 0.3) is 5.97 Å². The number of unbranched alkanes of at least 4 members (excludes halogenated alkanes) is 1. The SMILES string of the molecule is CC(=O)O.Cc1cc(=O)oc2cc(NC(=O)[C@H](CCCCN)NC(=O)[C@H](CC(C)C)NC(=O)[C@@H](NC(=O)OC(C)(C)C)C(C)C)ccc12. The maximum absolute atomic E-state index is 13.6. The zero-order chi connectivity index (χ0) is 36.8.